The molecule has 5 heteroatoms. The summed E-state index contributed by atoms with van der Waals surface area (Å²) >= 11 is 0. The normalized spacial score (nSPS) is 19.0. The lowest BCUT2D eigenvalue weighted by molar-refractivity contribution is 0.110. The van der Waals surface area contributed by atoms with Gasteiger partial charge in [0.25, 0.3) is 0 Å². The molecule has 0 unspecified atom stereocenters. The number of hydrogen-bond donors (Lipinski definition) is 1. The molecule has 2 N–H and O–H groups in total. The third-order valence-electron chi connectivity index (χ3n) is 2.65. The van der Waals surface area contributed by atoms with E-state index >= 15 is 0 Å². The van der Waals surface area contributed by atoms with Gasteiger partial charge in [-0.05, 0) is 19.9 Å². The predicted molar refractivity (Wildman–Crippen MR) is 57.6 cm³/mol. The van der Waals surface area contributed by atoms with Crippen molar-refractivity contribution in [2.45, 2.75) is 18.9 Å². The van der Waals surface area contributed by atoms with Crippen molar-refractivity contribution < 1.29 is 4.74 Å². The van der Waals surface area contributed by atoms with Crippen molar-refractivity contribution >= 4 is 5.69 Å². The molecule has 0 atom stereocenters. The number of nitrogen functional groups attached to an aromatic ring is 1. The summed E-state index contributed by atoms with van der Waals surface area (Å²) in [4.78, 5) is 10.1. The number of aromatic nitrogens is 2. The van der Waals surface area contributed by atoms with Gasteiger partial charge in [0.05, 0.1) is 6.20 Å². The Balaban J connectivity index is 1.95. The summed E-state index contributed by atoms with van der Waals surface area (Å²) in [7, 11) is 2.12. The summed E-state index contributed by atoms with van der Waals surface area (Å²) in [6, 6.07) is 0. The maximum Gasteiger partial charge on any atom is 0.240 e. The molecule has 2 rings (SSSR count). The molecule has 0 spiro atoms. The summed E-state index contributed by atoms with van der Waals surface area (Å²) < 4.78 is 5.73. The highest BCUT2D eigenvalue weighted by Crippen LogP contribution is 2.20. The Kier molecular flexibility index (Phi) is 3.01. The molecule has 0 aliphatic carbocycles. The molecule has 5 nitrogen and oxygen atoms in total. The predicted octanol–water partition coefficient (Wildman–Crippen LogP) is 0.532. The minimum absolute atomic E-state index is 0.235. The van der Waals surface area contributed by atoms with E-state index < -0.39 is 0 Å². The Labute approximate surface area is 89.3 Å². The van der Waals surface area contributed by atoms with Crippen molar-refractivity contribution in [3.8, 4) is 5.88 Å². The zero-order valence-electron chi connectivity index (χ0n) is 8.89. The Morgan fingerprint density at radius 1 is 1.47 bits per heavy atom. The number of nitrogens with zero attached hydrogens (tertiary/aromatic N) is 3. The molecule has 1 aromatic rings. The fourth-order valence-electron chi connectivity index (χ4n) is 1.69. The fourth-order valence-corrected chi connectivity index (χ4v) is 1.69. The van der Waals surface area contributed by atoms with Crippen LogP contribution >= 0.6 is 0 Å². The van der Waals surface area contributed by atoms with Crippen LogP contribution in [0.15, 0.2) is 12.5 Å². The Bertz CT molecular complexity index is 323. The van der Waals surface area contributed by atoms with Gasteiger partial charge in [0.2, 0.25) is 5.88 Å². The van der Waals surface area contributed by atoms with Crippen molar-refractivity contribution in [3.05, 3.63) is 12.5 Å². The van der Waals surface area contributed by atoms with Crippen molar-refractivity contribution in [2.24, 2.45) is 0 Å². The first-order valence-corrected chi connectivity index (χ1v) is 5.16. The number of likely N-dealkylation sites (tertiary alicyclic amines) is 1. The number of ether oxygens (including phenoxy) is 1. The summed E-state index contributed by atoms with van der Waals surface area (Å²) in [5, 5.41) is 0. The third-order valence-corrected chi connectivity index (χ3v) is 2.65. The molecule has 1 aliphatic rings. The molecule has 0 bridgehead atoms. The van der Waals surface area contributed by atoms with E-state index in [2.05, 4.69) is 21.9 Å². The average Bonchev–Trinajstić information content (AvgIpc) is 2.25. The van der Waals surface area contributed by atoms with Crippen molar-refractivity contribution in [1.29, 1.82) is 0 Å². The molecule has 0 saturated carbocycles. The van der Waals surface area contributed by atoms with E-state index in [0.717, 1.165) is 25.9 Å². The van der Waals surface area contributed by atoms with E-state index in [1.165, 1.54) is 6.33 Å². The monoisotopic (exact) mass is 208 g/mol. The number of hydrogen-bond acceptors (Lipinski definition) is 5. The molecule has 1 aromatic heterocycles. The first-order chi connectivity index (χ1) is 7.25. The van der Waals surface area contributed by atoms with Crippen LogP contribution in [0.2, 0.25) is 0 Å². The number of piperidine rings is 1. The molecule has 0 amide bonds. The third kappa shape index (κ3) is 2.56. The van der Waals surface area contributed by atoms with Crippen LogP contribution in [0.1, 0.15) is 12.8 Å². The summed E-state index contributed by atoms with van der Waals surface area (Å²) in [6.45, 7) is 2.13. The molecule has 1 fully saturated rings. The zero-order valence-corrected chi connectivity index (χ0v) is 8.89. The van der Waals surface area contributed by atoms with Crippen LogP contribution < -0.4 is 10.5 Å². The summed E-state index contributed by atoms with van der Waals surface area (Å²) in [6.07, 6.45) is 5.32. The van der Waals surface area contributed by atoms with Gasteiger partial charge in [-0.25, -0.2) is 4.98 Å². The lowest BCUT2D eigenvalue weighted by atomic mass is 10.1. The lowest BCUT2D eigenvalue weighted by Crippen LogP contribution is -2.35. The molecular weight excluding hydrogens is 192 g/mol. The zero-order chi connectivity index (χ0) is 10.7. The second-order valence-corrected chi connectivity index (χ2v) is 3.90. The Morgan fingerprint density at radius 2 is 2.20 bits per heavy atom. The van der Waals surface area contributed by atoms with Crippen LogP contribution in [0.4, 0.5) is 5.69 Å². The minimum Gasteiger partial charge on any atom is -0.473 e. The van der Waals surface area contributed by atoms with Crippen LogP contribution in [0, 0.1) is 0 Å². The lowest BCUT2D eigenvalue weighted by Gasteiger charge is -2.29. The molecule has 2 heterocycles. The van der Waals surface area contributed by atoms with Crippen LogP contribution in [0.5, 0.6) is 5.88 Å². The maximum absolute atomic E-state index is 5.73. The number of anilines is 1. The smallest absolute Gasteiger partial charge is 0.240 e. The van der Waals surface area contributed by atoms with Gasteiger partial charge in [0, 0.05) is 13.1 Å². The van der Waals surface area contributed by atoms with Crippen molar-refractivity contribution in [2.75, 3.05) is 25.9 Å². The van der Waals surface area contributed by atoms with Gasteiger partial charge in [-0.1, -0.05) is 0 Å². The van der Waals surface area contributed by atoms with E-state index in [-0.39, 0.29) is 6.10 Å². The highest BCUT2D eigenvalue weighted by Gasteiger charge is 2.19. The first-order valence-electron chi connectivity index (χ1n) is 5.16. The quantitative estimate of drug-likeness (QED) is 0.768. The standard InChI is InChI=1S/C10H16N4O/c1-14-4-2-8(3-5-14)15-10-9(11)6-12-7-13-10/h6-8H,2-5,11H2,1H3. The van der Waals surface area contributed by atoms with E-state index in [9.17, 15) is 0 Å². The first kappa shape index (κ1) is 10.2. The van der Waals surface area contributed by atoms with Crippen LogP contribution in [-0.4, -0.2) is 41.1 Å². The van der Waals surface area contributed by atoms with E-state index in [0.29, 0.717) is 11.6 Å². The molecule has 0 aromatic carbocycles. The molecule has 82 valence electrons. The van der Waals surface area contributed by atoms with E-state index in [4.69, 9.17) is 10.5 Å². The highest BCUT2D eigenvalue weighted by molar-refractivity contribution is 5.44. The molecular formula is C10H16N4O. The molecule has 1 aliphatic heterocycles. The number of nitrogens with two attached hydrogens (primary N) is 1. The van der Waals surface area contributed by atoms with Gasteiger partial charge in [0.1, 0.15) is 18.1 Å². The molecule has 0 radical (unpaired) electrons. The second-order valence-electron chi connectivity index (χ2n) is 3.90. The van der Waals surface area contributed by atoms with Crippen molar-refractivity contribution in [1.82, 2.24) is 14.9 Å². The average molecular weight is 208 g/mol. The topological polar surface area (TPSA) is 64.3 Å². The van der Waals surface area contributed by atoms with Gasteiger partial charge < -0.3 is 15.4 Å². The van der Waals surface area contributed by atoms with Crippen LogP contribution in [-0.2, 0) is 0 Å². The maximum atomic E-state index is 5.73. The van der Waals surface area contributed by atoms with Gasteiger partial charge in [-0.15, -0.1) is 0 Å². The highest BCUT2D eigenvalue weighted by atomic mass is 16.5. The van der Waals surface area contributed by atoms with Crippen molar-refractivity contribution in [3.63, 3.8) is 0 Å². The Morgan fingerprint density at radius 3 is 2.87 bits per heavy atom. The van der Waals surface area contributed by atoms with E-state index in [1.807, 2.05) is 0 Å². The molecule has 15 heavy (non-hydrogen) atoms. The SMILES string of the molecule is CN1CCC(Oc2ncncc2N)CC1. The largest absolute Gasteiger partial charge is 0.473 e. The van der Waals surface area contributed by atoms with Crippen LogP contribution in [0.25, 0.3) is 0 Å². The minimum atomic E-state index is 0.235. The van der Waals surface area contributed by atoms with Gasteiger partial charge in [-0.3, -0.25) is 0 Å². The Hall–Kier alpha value is -1.36. The van der Waals surface area contributed by atoms with Crippen LogP contribution in [0.3, 0.4) is 0 Å². The van der Waals surface area contributed by atoms with Gasteiger partial charge in [0.15, 0.2) is 0 Å². The van der Waals surface area contributed by atoms with Gasteiger partial charge >= 0.3 is 0 Å². The summed E-state index contributed by atoms with van der Waals surface area (Å²) in [5.41, 5.74) is 6.22. The number of rotatable bonds is 2. The second kappa shape index (κ2) is 4.44. The van der Waals surface area contributed by atoms with E-state index in [1.54, 1.807) is 6.20 Å². The molecule has 1 saturated heterocycles. The fraction of sp³-hybridized carbons (Fsp3) is 0.600. The summed E-state index contributed by atoms with van der Waals surface area (Å²) in [5.74, 6) is 0.513. The van der Waals surface area contributed by atoms with Gasteiger partial charge in [-0.2, -0.15) is 4.98 Å².